The first-order valence-corrected chi connectivity index (χ1v) is 9.28. The molecule has 0 aromatic heterocycles. The van der Waals surface area contributed by atoms with Gasteiger partial charge in [-0.3, -0.25) is 14.4 Å². The van der Waals surface area contributed by atoms with Gasteiger partial charge in [-0.1, -0.05) is 24.3 Å². The Hall–Kier alpha value is -3.81. The predicted octanol–water partition coefficient (Wildman–Crippen LogP) is 1.92. The predicted molar refractivity (Wildman–Crippen MR) is 114 cm³/mol. The lowest BCUT2D eigenvalue weighted by atomic mass is 10.1. The van der Waals surface area contributed by atoms with E-state index in [0.29, 0.717) is 17.9 Å². The number of carbonyl (C=O) groups is 3. The van der Waals surface area contributed by atoms with Gasteiger partial charge in [-0.05, 0) is 36.2 Å². The Bertz CT molecular complexity index is 927. The van der Waals surface area contributed by atoms with Crippen molar-refractivity contribution in [1.29, 1.82) is 0 Å². The quantitative estimate of drug-likeness (QED) is 0.432. The van der Waals surface area contributed by atoms with Crippen LogP contribution in [0.15, 0.2) is 55.1 Å². The topological polar surface area (TPSA) is 106 Å². The van der Waals surface area contributed by atoms with Crippen LogP contribution in [0.5, 0.6) is 11.5 Å². The fourth-order valence-electron chi connectivity index (χ4n) is 2.67. The van der Waals surface area contributed by atoms with E-state index in [0.717, 1.165) is 5.56 Å². The van der Waals surface area contributed by atoms with Gasteiger partial charge in [0.2, 0.25) is 0 Å². The van der Waals surface area contributed by atoms with Crippen LogP contribution in [0.25, 0.3) is 0 Å². The molecule has 0 spiro atoms. The van der Waals surface area contributed by atoms with Gasteiger partial charge in [0.05, 0.1) is 25.5 Å². The van der Waals surface area contributed by atoms with Crippen LogP contribution in [-0.2, 0) is 16.0 Å². The van der Waals surface area contributed by atoms with Crippen molar-refractivity contribution >= 4 is 23.4 Å². The summed E-state index contributed by atoms with van der Waals surface area (Å²) in [5, 5.41) is 7.67. The summed E-state index contributed by atoms with van der Waals surface area (Å²) in [7, 11) is 3.10. The van der Waals surface area contributed by atoms with Crippen LogP contribution in [-0.4, -0.2) is 45.0 Å². The van der Waals surface area contributed by atoms with Gasteiger partial charge >= 0.3 is 11.8 Å². The van der Waals surface area contributed by atoms with Gasteiger partial charge in [-0.25, -0.2) is 0 Å². The summed E-state index contributed by atoms with van der Waals surface area (Å²) < 4.78 is 10.4. The third-order valence-electron chi connectivity index (χ3n) is 4.18. The monoisotopic (exact) mass is 411 g/mol. The molecular weight excluding hydrogens is 386 g/mol. The van der Waals surface area contributed by atoms with Gasteiger partial charge in [0, 0.05) is 13.1 Å². The Kier molecular flexibility index (Phi) is 8.43. The molecule has 0 aliphatic carbocycles. The Morgan fingerprint density at radius 1 is 0.967 bits per heavy atom. The molecule has 0 unspecified atom stereocenters. The molecule has 0 aliphatic rings. The third-order valence-corrected chi connectivity index (χ3v) is 4.18. The zero-order valence-corrected chi connectivity index (χ0v) is 17.0. The Balaban J connectivity index is 1.92. The molecule has 3 amide bonds. The van der Waals surface area contributed by atoms with Gasteiger partial charge in [-0.2, -0.15) is 0 Å². The van der Waals surface area contributed by atoms with Gasteiger partial charge < -0.3 is 25.4 Å². The second kappa shape index (κ2) is 11.3. The largest absolute Gasteiger partial charge is 0.493 e. The van der Waals surface area contributed by atoms with E-state index in [1.165, 1.54) is 0 Å². The lowest BCUT2D eigenvalue weighted by Gasteiger charge is -2.11. The van der Waals surface area contributed by atoms with Crippen molar-refractivity contribution in [2.75, 3.05) is 32.6 Å². The molecule has 2 rings (SSSR count). The maximum atomic E-state index is 12.2. The molecule has 8 heteroatoms. The highest BCUT2D eigenvalue weighted by atomic mass is 16.5. The molecule has 0 saturated heterocycles. The summed E-state index contributed by atoms with van der Waals surface area (Å²) in [6.45, 7) is 4.08. The highest BCUT2D eigenvalue weighted by Crippen LogP contribution is 2.27. The van der Waals surface area contributed by atoms with Crippen LogP contribution in [0.1, 0.15) is 15.9 Å². The first kappa shape index (κ1) is 22.5. The van der Waals surface area contributed by atoms with Gasteiger partial charge in [0.25, 0.3) is 5.91 Å². The summed E-state index contributed by atoms with van der Waals surface area (Å²) in [5.41, 5.74) is 1.42. The van der Waals surface area contributed by atoms with Crippen molar-refractivity contribution in [3.63, 3.8) is 0 Å². The number of carbonyl (C=O) groups excluding carboxylic acids is 3. The van der Waals surface area contributed by atoms with Crippen molar-refractivity contribution in [3.8, 4) is 11.5 Å². The van der Waals surface area contributed by atoms with E-state index >= 15 is 0 Å². The van der Waals surface area contributed by atoms with E-state index in [1.54, 1.807) is 50.6 Å². The zero-order valence-electron chi connectivity index (χ0n) is 17.0. The number of benzene rings is 2. The van der Waals surface area contributed by atoms with Crippen LogP contribution < -0.4 is 25.4 Å². The van der Waals surface area contributed by atoms with Crippen LogP contribution in [0.2, 0.25) is 0 Å². The van der Waals surface area contributed by atoms with Crippen molar-refractivity contribution in [2.24, 2.45) is 0 Å². The summed E-state index contributed by atoms with van der Waals surface area (Å²) >= 11 is 0. The van der Waals surface area contributed by atoms with E-state index in [-0.39, 0.29) is 30.2 Å². The van der Waals surface area contributed by atoms with Crippen molar-refractivity contribution in [1.82, 2.24) is 10.6 Å². The number of methoxy groups -OCH3 is 2. The van der Waals surface area contributed by atoms with Crippen LogP contribution in [0.4, 0.5) is 5.69 Å². The number of hydrogen-bond donors (Lipinski definition) is 3. The molecule has 2 aromatic rings. The minimum Gasteiger partial charge on any atom is -0.493 e. The standard InChI is InChI=1S/C22H25N3O5/c1-4-12-23-20(26)16-7-5-6-8-17(16)25-22(28)21(27)24-13-11-15-9-10-18(29-2)19(14-15)30-3/h4-10,14H,1,11-13H2,2-3H3,(H,23,26)(H,24,27)(H,25,28). The van der Waals surface area contributed by atoms with Crippen LogP contribution in [0, 0.1) is 0 Å². The smallest absolute Gasteiger partial charge is 0.313 e. The number of amides is 3. The van der Waals surface area contributed by atoms with Crippen molar-refractivity contribution in [2.45, 2.75) is 6.42 Å². The lowest BCUT2D eigenvalue weighted by molar-refractivity contribution is -0.136. The van der Waals surface area contributed by atoms with Crippen molar-refractivity contribution < 1.29 is 23.9 Å². The molecule has 0 radical (unpaired) electrons. The maximum Gasteiger partial charge on any atom is 0.313 e. The summed E-state index contributed by atoms with van der Waals surface area (Å²) in [5.74, 6) is -0.825. The van der Waals surface area contributed by atoms with E-state index in [2.05, 4.69) is 22.5 Å². The third kappa shape index (κ3) is 6.10. The van der Waals surface area contributed by atoms with Gasteiger partial charge in [0.15, 0.2) is 11.5 Å². The van der Waals surface area contributed by atoms with E-state index in [1.807, 2.05) is 12.1 Å². The molecule has 2 aromatic carbocycles. The Morgan fingerprint density at radius 3 is 2.40 bits per heavy atom. The first-order chi connectivity index (χ1) is 14.5. The minimum absolute atomic E-state index is 0.249. The highest BCUT2D eigenvalue weighted by Gasteiger charge is 2.17. The number of para-hydroxylation sites is 1. The lowest BCUT2D eigenvalue weighted by Crippen LogP contribution is -2.37. The Morgan fingerprint density at radius 2 is 1.70 bits per heavy atom. The molecule has 0 saturated carbocycles. The molecule has 8 nitrogen and oxygen atoms in total. The second-order valence-corrected chi connectivity index (χ2v) is 6.19. The summed E-state index contributed by atoms with van der Waals surface area (Å²) in [6.07, 6.45) is 2.05. The van der Waals surface area contributed by atoms with Crippen molar-refractivity contribution in [3.05, 3.63) is 66.2 Å². The zero-order chi connectivity index (χ0) is 21.9. The summed E-state index contributed by atoms with van der Waals surface area (Å²) in [4.78, 5) is 36.5. The number of hydrogen-bond acceptors (Lipinski definition) is 5. The fourth-order valence-corrected chi connectivity index (χ4v) is 2.67. The molecule has 3 N–H and O–H groups in total. The van der Waals surface area contributed by atoms with Gasteiger partial charge in [0.1, 0.15) is 0 Å². The van der Waals surface area contributed by atoms with Crippen LogP contribution >= 0.6 is 0 Å². The van der Waals surface area contributed by atoms with Crippen LogP contribution in [0.3, 0.4) is 0 Å². The van der Waals surface area contributed by atoms with E-state index in [9.17, 15) is 14.4 Å². The average Bonchev–Trinajstić information content (AvgIpc) is 2.77. The molecule has 30 heavy (non-hydrogen) atoms. The Labute approximate surface area is 175 Å². The number of nitrogens with one attached hydrogen (secondary N) is 3. The molecule has 0 heterocycles. The SMILES string of the molecule is C=CCNC(=O)c1ccccc1NC(=O)C(=O)NCCc1ccc(OC)c(OC)c1. The van der Waals surface area contributed by atoms with E-state index in [4.69, 9.17) is 9.47 Å². The minimum atomic E-state index is -0.855. The average molecular weight is 411 g/mol. The normalized spacial score (nSPS) is 9.93. The molecular formula is C22H25N3O5. The molecule has 158 valence electrons. The summed E-state index contributed by atoms with van der Waals surface area (Å²) in [6, 6.07) is 11.9. The number of ether oxygens (including phenoxy) is 2. The molecule has 0 fully saturated rings. The van der Waals surface area contributed by atoms with E-state index < -0.39 is 11.8 Å². The first-order valence-electron chi connectivity index (χ1n) is 9.28. The fraction of sp³-hybridized carbons (Fsp3) is 0.227. The second-order valence-electron chi connectivity index (χ2n) is 6.19. The number of anilines is 1. The maximum absolute atomic E-state index is 12.2. The number of rotatable bonds is 9. The molecule has 0 aliphatic heterocycles. The molecule has 0 bridgehead atoms. The highest BCUT2D eigenvalue weighted by molar-refractivity contribution is 6.40. The molecule has 0 atom stereocenters. The van der Waals surface area contributed by atoms with Gasteiger partial charge in [-0.15, -0.1) is 6.58 Å².